The van der Waals surface area contributed by atoms with E-state index in [1.807, 2.05) is 12.1 Å². The summed E-state index contributed by atoms with van der Waals surface area (Å²) in [6.45, 7) is 1.23. The maximum atomic E-state index is 12.3. The molecule has 0 saturated carbocycles. The van der Waals surface area contributed by atoms with Crippen LogP contribution in [0, 0.1) is 0 Å². The number of aromatic nitrogens is 3. The highest BCUT2D eigenvalue weighted by Gasteiger charge is 2.09. The molecule has 0 atom stereocenters. The maximum Gasteiger partial charge on any atom is 0.270 e. The van der Waals surface area contributed by atoms with E-state index in [-0.39, 0.29) is 5.91 Å². The van der Waals surface area contributed by atoms with E-state index in [0.717, 1.165) is 18.4 Å². The van der Waals surface area contributed by atoms with Gasteiger partial charge in [-0.15, -0.1) is 0 Å². The van der Waals surface area contributed by atoms with Gasteiger partial charge < -0.3 is 10.6 Å². The van der Waals surface area contributed by atoms with Gasteiger partial charge in [0.15, 0.2) is 0 Å². The van der Waals surface area contributed by atoms with Crippen molar-refractivity contribution >= 4 is 11.9 Å². The molecular weight excluding hydrogens is 314 g/mol. The van der Waals surface area contributed by atoms with E-state index in [1.165, 1.54) is 24.8 Å². The summed E-state index contributed by atoms with van der Waals surface area (Å²) in [4.78, 5) is 24.7. The highest BCUT2D eigenvalue weighted by Crippen LogP contribution is 2.19. The number of carbonyl (C=O) groups is 1. The molecule has 0 bridgehead atoms. The first-order chi connectivity index (χ1) is 12.3. The SMILES string of the molecule is O=C(NCCC1=CCCCC1)c1ccnc(NCc2ccncc2)n1. The summed E-state index contributed by atoms with van der Waals surface area (Å²) < 4.78 is 0. The molecule has 0 saturated heterocycles. The Labute approximate surface area is 147 Å². The number of nitrogens with zero attached hydrogens (tertiary/aromatic N) is 3. The van der Waals surface area contributed by atoms with Crippen molar-refractivity contribution in [1.82, 2.24) is 20.3 Å². The van der Waals surface area contributed by atoms with E-state index in [0.29, 0.717) is 24.7 Å². The monoisotopic (exact) mass is 337 g/mol. The van der Waals surface area contributed by atoms with Gasteiger partial charge in [0, 0.05) is 31.7 Å². The molecule has 1 aliphatic rings. The largest absolute Gasteiger partial charge is 0.350 e. The minimum atomic E-state index is -0.161. The van der Waals surface area contributed by atoms with Crippen LogP contribution in [0.4, 0.5) is 5.95 Å². The summed E-state index contributed by atoms with van der Waals surface area (Å²) in [6.07, 6.45) is 13.2. The Morgan fingerprint density at radius 1 is 1.12 bits per heavy atom. The molecule has 0 radical (unpaired) electrons. The van der Waals surface area contributed by atoms with Crippen molar-refractivity contribution in [2.45, 2.75) is 38.6 Å². The van der Waals surface area contributed by atoms with Gasteiger partial charge in [0.1, 0.15) is 5.69 Å². The van der Waals surface area contributed by atoms with E-state index in [1.54, 1.807) is 24.7 Å². The first kappa shape index (κ1) is 17.1. The van der Waals surface area contributed by atoms with Crippen molar-refractivity contribution < 1.29 is 4.79 Å². The number of nitrogens with one attached hydrogen (secondary N) is 2. The summed E-state index contributed by atoms with van der Waals surface area (Å²) in [6, 6.07) is 5.47. The number of hydrogen-bond acceptors (Lipinski definition) is 5. The van der Waals surface area contributed by atoms with E-state index in [2.05, 4.69) is 31.7 Å². The third-order valence-electron chi connectivity index (χ3n) is 4.20. The quantitative estimate of drug-likeness (QED) is 0.759. The molecule has 0 aromatic carbocycles. The molecule has 0 aliphatic heterocycles. The van der Waals surface area contributed by atoms with E-state index >= 15 is 0 Å². The molecule has 6 nitrogen and oxygen atoms in total. The Morgan fingerprint density at radius 2 is 2.00 bits per heavy atom. The predicted octanol–water partition coefficient (Wildman–Crippen LogP) is 3.10. The highest BCUT2D eigenvalue weighted by molar-refractivity contribution is 5.92. The molecule has 25 heavy (non-hydrogen) atoms. The number of anilines is 1. The fraction of sp³-hybridized carbons (Fsp3) is 0.368. The molecule has 0 fully saturated rings. The smallest absolute Gasteiger partial charge is 0.270 e. The van der Waals surface area contributed by atoms with Crippen LogP contribution in [0.5, 0.6) is 0 Å². The Hall–Kier alpha value is -2.76. The number of carbonyl (C=O) groups excluding carboxylic acids is 1. The maximum absolute atomic E-state index is 12.3. The molecule has 0 unspecified atom stereocenters. The average molecular weight is 337 g/mol. The molecule has 1 amide bonds. The molecular formula is C19H23N5O. The normalized spacial score (nSPS) is 13.8. The average Bonchev–Trinajstić information content (AvgIpc) is 2.68. The van der Waals surface area contributed by atoms with Gasteiger partial charge in [-0.25, -0.2) is 9.97 Å². The highest BCUT2D eigenvalue weighted by atomic mass is 16.1. The van der Waals surface area contributed by atoms with Gasteiger partial charge in [-0.2, -0.15) is 0 Å². The van der Waals surface area contributed by atoms with Gasteiger partial charge in [-0.05, 0) is 55.9 Å². The zero-order valence-electron chi connectivity index (χ0n) is 14.2. The molecule has 130 valence electrons. The van der Waals surface area contributed by atoms with Gasteiger partial charge in [-0.3, -0.25) is 9.78 Å². The standard InChI is InChI=1S/C19H23N5O/c25-18(21-12-8-15-4-2-1-3-5-15)17-9-13-22-19(24-17)23-14-16-6-10-20-11-7-16/h4,6-7,9-11,13H,1-3,5,8,12,14H2,(H,21,25)(H,22,23,24). The second-order valence-corrected chi connectivity index (χ2v) is 6.09. The zero-order chi connectivity index (χ0) is 17.3. The Balaban J connectivity index is 1.49. The topological polar surface area (TPSA) is 79.8 Å². The fourth-order valence-electron chi connectivity index (χ4n) is 2.81. The number of amides is 1. The summed E-state index contributed by atoms with van der Waals surface area (Å²) in [7, 11) is 0. The molecule has 0 spiro atoms. The summed E-state index contributed by atoms with van der Waals surface area (Å²) >= 11 is 0. The summed E-state index contributed by atoms with van der Waals surface area (Å²) in [5.74, 6) is 0.283. The third kappa shape index (κ3) is 5.38. The molecule has 2 aromatic heterocycles. The van der Waals surface area contributed by atoms with E-state index < -0.39 is 0 Å². The van der Waals surface area contributed by atoms with E-state index in [9.17, 15) is 4.79 Å². The molecule has 1 aliphatic carbocycles. The number of allylic oxidation sites excluding steroid dienone is 1. The van der Waals surface area contributed by atoms with Crippen LogP contribution in [0.15, 0.2) is 48.4 Å². The second-order valence-electron chi connectivity index (χ2n) is 6.09. The van der Waals surface area contributed by atoms with Crippen LogP contribution in [0.25, 0.3) is 0 Å². The van der Waals surface area contributed by atoms with Crippen molar-refractivity contribution in [3.8, 4) is 0 Å². The minimum absolute atomic E-state index is 0.161. The van der Waals surface area contributed by atoms with Crippen LogP contribution in [0.2, 0.25) is 0 Å². The van der Waals surface area contributed by atoms with Crippen molar-refractivity contribution in [3.63, 3.8) is 0 Å². The lowest BCUT2D eigenvalue weighted by Gasteiger charge is -2.13. The van der Waals surface area contributed by atoms with Crippen molar-refractivity contribution in [3.05, 3.63) is 59.7 Å². The lowest BCUT2D eigenvalue weighted by molar-refractivity contribution is 0.0949. The van der Waals surface area contributed by atoms with Crippen molar-refractivity contribution in [2.75, 3.05) is 11.9 Å². The van der Waals surface area contributed by atoms with Crippen molar-refractivity contribution in [2.24, 2.45) is 0 Å². The van der Waals surface area contributed by atoms with Crippen molar-refractivity contribution in [1.29, 1.82) is 0 Å². The van der Waals surface area contributed by atoms with Crippen LogP contribution in [0.1, 0.15) is 48.2 Å². The summed E-state index contributed by atoms with van der Waals surface area (Å²) in [5.41, 5.74) is 2.91. The number of pyridine rings is 1. The summed E-state index contributed by atoms with van der Waals surface area (Å²) in [5, 5.41) is 6.07. The van der Waals surface area contributed by atoms with Crippen LogP contribution >= 0.6 is 0 Å². The van der Waals surface area contributed by atoms with Gasteiger partial charge in [0.25, 0.3) is 5.91 Å². The lowest BCUT2D eigenvalue weighted by atomic mass is 9.97. The van der Waals surface area contributed by atoms with Crippen LogP contribution < -0.4 is 10.6 Å². The Kier molecular flexibility index (Phi) is 6.09. The second kappa shape index (κ2) is 8.92. The molecule has 6 heteroatoms. The predicted molar refractivity (Wildman–Crippen MR) is 97.1 cm³/mol. The van der Waals surface area contributed by atoms with Gasteiger partial charge >= 0.3 is 0 Å². The Bertz CT molecular complexity index is 730. The molecule has 2 N–H and O–H groups in total. The molecule has 2 heterocycles. The van der Waals surface area contributed by atoms with Crippen LogP contribution in [0.3, 0.4) is 0 Å². The zero-order valence-corrected chi connectivity index (χ0v) is 14.2. The fourth-order valence-corrected chi connectivity index (χ4v) is 2.81. The van der Waals surface area contributed by atoms with Gasteiger partial charge in [-0.1, -0.05) is 11.6 Å². The molecule has 3 rings (SSSR count). The number of hydrogen-bond donors (Lipinski definition) is 2. The lowest BCUT2D eigenvalue weighted by Crippen LogP contribution is -2.26. The van der Waals surface area contributed by atoms with Gasteiger partial charge in [0.05, 0.1) is 0 Å². The van der Waals surface area contributed by atoms with E-state index in [4.69, 9.17) is 0 Å². The van der Waals surface area contributed by atoms with Crippen LogP contribution in [-0.2, 0) is 6.54 Å². The Morgan fingerprint density at radius 3 is 2.80 bits per heavy atom. The third-order valence-corrected chi connectivity index (χ3v) is 4.20. The minimum Gasteiger partial charge on any atom is -0.350 e. The number of rotatable bonds is 7. The van der Waals surface area contributed by atoms with Crippen LogP contribution in [-0.4, -0.2) is 27.4 Å². The molecule has 2 aromatic rings. The first-order valence-electron chi connectivity index (χ1n) is 8.73. The van der Waals surface area contributed by atoms with Gasteiger partial charge in [0.2, 0.25) is 5.95 Å². The first-order valence-corrected chi connectivity index (χ1v) is 8.73.